The van der Waals surface area contributed by atoms with Crippen LogP contribution in [0.5, 0.6) is 0 Å². The van der Waals surface area contributed by atoms with Crippen molar-refractivity contribution >= 4 is 10.8 Å². The largest absolute Gasteiger partial charge is 0.271 e. The molecule has 1 aliphatic rings. The van der Waals surface area contributed by atoms with Gasteiger partial charge in [0.15, 0.2) is 0 Å². The molecule has 0 spiro atoms. The van der Waals surface area contributed by atoms with Crippen molar-refractivity contribution in [2.75, 3.05) is 0 Å². The molecule has 1 aromatic heterocycles. The molecule has 3 nitrogen and oxygen atoms in total. The van der Waals surface area contributed by atoms with Crippen molar-refractivity contribution < 1.29 is 0 Å². The maximum atomic E-state index is 5.84. The van der Waals surface area contributed by atoms with Crippen LogP contribution in [0.1, 0.15) is 50.1 Å². The van der Waals surface area contributed by atoms with E-state index in [4.69, 9.17) is 5.84 Å². The zero-order valence-electron chi connectivity index (χ0n) is 11.9. The first-order valence-electron chi connectivity index (χ1n) is 7.67. The smallest absolute Gasteiger partial charge is 0.0469 e. The van der Waals surface area contributed by atoms with Crippen LogP contribution >= 0.6 is 0 Å². The van der Waals surface area contributed by atoms with E-state index in [2.05, 4.69) is 34.7 Å². The van der Waals surface area contributed by atoms with Crippen LogP contribution in [0, 0.1) is 5.92 Å². The molecule has 1 atom stereocenters. The summed E-state index contributed by atoms with van der Waals surface area (Å²) in [5.74, 6) is 6.65. The number of nitrogens with one attached hydrogen (secondary N) is 1. The topological polar surface area (TPSA) is 50.9 Å². The van der Waals surface area contributed by atoms with Crippen LogP contribution in [0.2, 0.25) is 0 Å². The molecule has 0 bridgehead atoms. The molecular formula is C17H23N3. The van der Waals surface area contributed by atoms with E-state index in [9.17, 15) is 0 Å². The van der Waals surface area contributed by atoms with Crippen LogP contribution in [0.15, 0.2) is 36.7 Å². The monoisotopic (exact) mass is 269 g/mol. The standard InChI is InChI=1S/C17H23N3/c18-20-17(11-13-5-2-1-3-6-13)15-8-4-7-14-9-10-19-12-16(14)15/h4,7-10,12-13,17,20H,1-3,5-6,11,18H2. The van der Waals surface area contributed by atoms with Gasteiger partial charge >= 0.3 is 0 Å². The lowest BCUT2D eigenvalue weighted by Gasteiger charge is -2.27. The average molecular weight is 269 g/mol. The molecule has 0 aliphatic heterocycles. The van der Waals surface area contributed by atoms with Crippen LogP contribution in [0.4, 0.5) is 0 Å². The first-order chi connectivity index (χ1) is 9.88. The Labute approximate surface area is 120 Å². The summed E-state index contributed by atoms with van der Waals surface area (Å²) >= 11 is 0. The Morgan fingerprint density at radius 2 is 2.05 bits per heavy atom. The van der Waals surface area contributed by atoms with Crippen LogP contribution in [-0.4, -0.2) is 4.98 Å². The minimum Gasteiger partial charge on any atom is -0.271 e. The highest BCUT2D eigenvalue weighted by atomic mass is 15.2. The van der Waals surface area contributed by atoms with Gasteiger partial charge in [-0.25, -0.2) is 0 Å². The van der Waals surface area contributed by atoms with Crippen molar-refractivity contribution in [2.45, 2.75) is 44.6 Å². The Morgan fingerprint density at radius 3 is 2.85 bits per heavy atom. The number of nitrogens with zero attached hydrogens (tertiary/aromatic N) is 1. The molecule has 2 aromatic rings. The number of aromatic nitrogens is 1. The fourth-order valence-corrected chi connectivity index (χ4v) is 3.48. The number of pyridine rings is 1. The third-order valence-corrected chi connectivity index (χ3v) is 4.59. The maximum Gasteiger partial charge on any atom is 0.0469 e. The minimum absolute atomic E-state index is 0.228. The summed E-state index contributed by atoms with van der Waals surface area (Å²) in [5, 5.41) is 2.45. The van der Waals surface area contributed by atoms with E-state index in [-0.39, 0.29) is 6.04 Å². The van der Waals surface area contributed by atoms with Gasteiger partial charge in [-0.1, -0.05) is 50.3 Å². The SMILES string of the molecule is NNC(CC1CCCCC1)c1cccc2ccncc12. The number of hydrogen-bond acceptors (Lipinski definition) is 3. The third kappa shape index (κ3) is 2.84. The van der Waals surface area contributed by atoms with Gasteiger partial charge in [-0.2, -0.15) is 0 Å². The molecule has 1 unspecified atom stereocenters. The van der Waals surface area contributed by atoms with E-state index >= 15 is 0 Å². The van der Waals surface area contributed by atoms with Gasteiger partial charge < -0.3 is 0 Å². The fourth-order valence-electron chi connectivity index (χ4n) is 3.48. The van der Waals surface area contributed by atoms with E-state index in [1.165, 1.54) is 48.4 Å². The Kier molecular flexibility index (Phi) is 4.28. The van der Waals surface area contributed by atoms with Gasteiger partial charge in [-0.05, 0) is 29.4 Å². The van der Waals surface area contributed by atoms with Gasteiger partial charge in [0, 0.05) is 23.8 Å². The molecule has 1 fully saturated rings. The Bertz CT molecular complexity index is 556. The first kappa shape index (κ1) is 13.5. The first-order valence-corrected chi connectivity index (χ1v) is 7.67. The van der Waals surface area contributed by atoms with Gasteiger partial charge in [0.2, 0.25) is 0 Å². The highest BCUT2D eigenvalue weighted by Crippen LogP contribution is 2.33. The van der Waals surface area contributed by atoms with Gasteiger partial charge in [0.1, 0.15) is 0 Å². The fraction of sp³-hybridized carbons (Fsp3) is 0.471. The second kappa shape index (κ2) is 6.33. The molecule has 1 saturated carbocycles. The molecule has 106 valence electrons. The van der Waals surface area contributed by atoms with Gasteiger partial charge in [-0.15, -0.1) is 0 Å². The van der Waals surface area contributed by atoms with Crippen LogP contribution in [0.25, 0.3) is 10.8 Å². The molecular weight excluding hydrogens is 246 g/mol. The van der Waals surface area contributed by atoms with Crippen LogP contribution in [-0.2, 0) is 0 Å². The van der Waals surface area contributed by atoms with Crippen molar-refractivity contribution in [3.05, 3.63) is 42.2 Å². The van der Waals surface area contributed by atoms with Crippen LogP contribution in [0.3, 0.4) is 0 Å². The van der Waals surface area contributed by atoms with E-state index < -0.39 is 0 Å². The second-order valence-electron chi connectivity index (χ2n) is 5.90. The molecule has 3 N–H and O–H groups in total. The predicted molar refractivity (Wildman–Crippen MR) is 83.0 cm³/mol. The van der Waals surface area contributed by atoms with Gasteiger partial charge in [0.05, 0.1) is 0 Å². The van der Waals surface area contributed by atoms with Crippen molar-refractivity contribution in [2.24, 2.45) is 11.8 Å². The Balaban J connectivity index is 1.86. The van der Waals surface area contributed by atoms with Crippen LogP contribution < -0.4 is 11.3 Å². The second-order valence-corrected chi connectivity index (χ2v) is 5.90. The van der Waals surface area contributed by atoms with E-state index in [1.54, 1.807) is 0 Å². The molecule has 0 radical (unpaired) electrons. The van der Waals surface area contributed by atoms with Gasteiger partial charge in [-0.3, -0.25) is 16.3 Å². The number of fused-ring (bicyclic) bond motifs is 1. The van der Waals surface area contributed by atoms with Crippen molar-refractivity contribution in [3.63, 3.8) is 0 Å². The molecule has 3 heteroatoms. The molecule has 0 amide bonds. The Morgan fingerprint density at radius 1 is 1.20 bits per heavy atom. The highest BCUT2D eigenvalue weighted by molar-refractivity contribution is 5.85. The number of hydrogen-bond donors (Lipinski definition) is 2. The quantitative estimate of drug-likeness (QED) is 0.657. The summed E-state index contributed by atoms with van der Waals surface area (Å²) in [5.41, 5.74) is 4.31. The molecule has 1 aliphatic carbocycles. The number of hydrazine groups is 1. The van der Waals surface area contributed by atoms with E-state index in [0.717, 1.165) is 12.3 Å². The van der Waals surface area contributed by atoms with Crippen molar-refractivity contribution in [1.82, 2.24) is 10.4 Å². The molecule has 20 heavy (non-hydrogen) atoms. The normalized spacial score (nSPS) is 18.2. The maximum absolute atomic E-state index is 5.84. The summed E-state index contributed by atoms with van der Waals surface area (Å²) < 4.78 is 0. The lowest BCUT2D eigenvalue weighted by molar-refractivity contribution is 0.302. The van der Waals surface area contributed by atoms with E-state index in [1.807, 2.05) is 12.4 Å². The molecule has 3 rings (SSSR count). The number of rotatable bonds is 4. The Hall–Kier alpha value is -1.45. The zero-order valence-corrected chi connectivity index (χ0v) is 11.9. The molecule has 1 aromatic carbocycles. The summed E-state index contributed by atoms with van der Waals surface area (Å²) in [7, 11) is 0. The summed E-state index contributed by atoms with van der Waals surface area (Å²) in [6.07, 6.45) is 11.8. The molecule has 1 heterocycles. The van der Waals surface area contributed by atoms with Crippen molar-refractivity contribution in [3.8, 4) is 0 Å². The lowest BCUT2D eigenvalue weighted by Crippen LogP contribution is -2.30. The minimum atomic E-state index is 0.228. The highest BCUT2D eigenvalue weighted by Gasteiger charge is 2.20. The molecule has 0 saturated heterocycles. The van der Waals surface area contributed by atoms with Gasteiger partial charge in [0.25, 0.3) is 0 Å². The predicted octanol–water partition coefficient (Wildman–Crippen LogP) is 3.71. The average Bonchev–Trinajstić information content (AvgIpc) is 2.53. The summed E-state index contributed by atoms with van der Waals surface area (Å²) in [6.45, 7) is 0. The van der Waals surface area contributed by atoms with E-state index in [0.29, 0.717) is 0 Å². The summed E-state index contributed by atoms with van der Waals surface area (Å²) in [4.78, 5) is 4.27. The zero-order chi connectivity index (χ0) is 13.8. The summed E-state index contributed by atoms with van der Waals surface area (Å²) in [6, 6.07) is 8.72. The lowest BCUT2D eigenvalue weighted by atomic mass is 9.83. The van der Waals surface area contributed by atoms with Crippen molar-refractivity contribution in [1.29, 1.82) is 0 Å². The third-order valence-electron chi connectivity index (χ3n) is 4.59. The number of benzene rings is 1. The number of nitrogens with two attached hydrogens (primary N) is 1.